The van der Waals surface area contributed by atoms with Gasteiger partial charge in [-0.2, -0.15) is 0 Å². The molecule has 0 fully saturated rings. The van der Waals surface area contributed by atoms with Crippen LogP contribution in [0.3, 0.4) is 0 Å². The zero-order chi connectivity index (χ0) is 55.1. The van der Waals surface area contributed by atoms with Gasteiger partial charge in [-0.25, -0.2) is 0 Å². The monoisotopic (exact) mass is 1010 g/mol. The second kappa shape index (κ2) is 26.0. The molecule has 0 saturated carbocycles. The van der Waals surface area contributed by atoms with Gasteiger partial charge in [0.2, 0.25) is 0 Å². The fraction of sp³-hybridized carbons (Fsp3) is 0.333. The Hall–Kier alpha value is -6.70. The van der Waals surface area contributed by atoms with Gasteiger partial charge in [0.25, 0.3) is 0 Å². The molecule has 7 rings (SSSR count). The fourth-order valence-corrected chi connectivity index (χ4v) is 8.14. The number of rotatable bonds is 15. The average Bonchev–Trinajstić information content (AvgIpc) is 3.40. The molecule has 0 heterocycles. The molecule has 7 aromatic carbocycles. The highest BCUT2D eigenvalue weighted by molar-refractivity contribution is 5.53. The van der Waals surface area contributed by atoms with Crippen LogP contribution in [-0.4, -0.2) is 95.8 Å². The number of phenolic OH excluding ortho intramolecular Hbond substituents is 5. The van der Waals surface area contributed by atoms with Crippen molar-refractivity contribution in [2.45, 2.75) is 84.0 Å². The maximum absolute atomic E-state index is 9.87. The van der Waals surface area contributed by atoms with Gasteiger partial charge in [-0.05, 0) is 125 Å². The van der Waals surface area contributed by atoms with Crippen molar-refractivity contribution >= 4 is 0 Å². The normalized spacial score (nSPS) is 11.9. The van der Waals surface area contributed by atoms with E-state index in [2.05, 4.69) is 97.9 Å². The highest BCUT2D eigenvalue weighted by Gasteiger charge is 2.34. The van der Waals surface area contributed by atoms with Crippen LogP contribution in [0.1, 0.15) is 111 Å². The molecule has 0 atom stereocenters. The van der Waals surface area contributed by atoms with E-state index >= 15 is 0 Å². The summed E-state index contributed by atoms with van der Waals surface area (Å²) in [6, 6.07) is 52.2. The highest BCUT2D eigenvalue weighted by Crippen LogP contribution is 2.43. The third-order valence-corrected chi connectivity index (χ3v) is 14.3. The van der Waals surface area contributed by atoms with E-state index in [0.29, 0.717) is 0 Å². The molecule has 74 heavy (non-hydrogen) atoms. The summed E-state index contributed by atoms with van der Waals surface area (Å²) in [7, 11) is 0. The van der Waals surface area contributed by atoms with E-state index in [1.165, 1.54) is 27.8 Å². The summed E-state index contributed by atoms with van der Waals surface area (Å²) in [5.74, 6) is 0.850. The van der Waals surface area contributed by atoms with E-state index < -0.39 is 10.8 Å². The summed E-state index contributed by atoms with van der Waals surface area (Å²) in [4.78, 5) is 0. The number of aliphatic hydroxyl groups excluding tert-OH is 6. The molecular formula is C63H78O11. The topological polar surface area (TPSA) is 223 Å². The predicted octanol–water partition coefficient (Wildman–Crippen LogP) is 10.1. The minimum atomic E-state index is -0.708. The largest absolute Gasteiger partial charge is 0.508 e. The first-order valence-corrected chi connectivity index (χ1v) is 24.7. The van der Waals surface area contributed by atoms with Crippen LogP contribution >= 0.6 is 0 Å². The zero-order valence-corrected chi connectivity index (χ0v) is 44.3. The van der Waals surface area contributed by atoms with Crippen LogP contribution < -0.4 is 0 Å². The third kappa shape index (κ3) is 15.0. The SMILES string of the molecule is CC(CO)(CO)CO.CC(c1ccc(O)cc1)(c1ccc(O)cc1)c1ccc(O)cc1.Cc1ccc(C(C)(C)c2cc(C(C)(C)c3ccc(O)cc3)cc(C(C)(C)c3ccc(O)cc3)c2)cc1.OCC(CO)CO. The van der Waals surface area contributed by atoms with E-state index in [1.807, 2.05) is 60.7 Å². The molecule has 11 N–H and O–H groups in total. The van der Waals surface area contributed by atoms with Crippen molar-refractivity contribution in [1.82, 2.24) is 0 Å². The number of aryl methyl sites for hydroxylation is 1. The Morgan fingerprint density at radius 2 is 0.500 bits per heavy atom. The molecule has 0 spiro atoms. The number of hydrogen-bond donors (Lipinski definition) is 11. The van der Waals surface area contributed by atoms with Crippen LogP contribution in [0.2, 0.25) is 0 Å². The molecule has 7 aromatic rings. The lowest BCUT2D eigenvalue weighted by Crippen LogP contribution is -2.29. The first-order chi connectivity index (χ1) is 34.8. The van der Waals surface area contributed by atoms with Gasteiger partial charge in [0.15, 0.2) is 0 Å². The van der Waals surface area contributed by atoms with E-state index in [1.54, 1.807) is 67.6 Å². The van der Waals surface area contributed by atoms with Gasteiger partial charge < -0.3 is 56.2 Å². The molecular weight excluding hydrogens is 933 g/mol. The van der Waals surface area contributed by atoms with Gasteiger partial charge in [0.1, 0.15) is 28.7 Å². The number of benzene rings is 7. The number of aromatic hydroxyl groups is 5. The molecule has 0 aliphatic rings. The third-order valence-electron chi connectivity index (χ3n) is 14.3. The van der Waals surface area contributed by atoms with Crippen LogP contribution in [0.25, 0.3) is 0 Å². The average molecular weight is 1010 g/mol. The summed E-state index contributed by atoms with van der Waals surface area (Å²) in [6.45, 7) is 18.4. The van der Waals surface area contributed by atoms with Crippen molar-refractivity contribution in [2.75, 3.05) is 39.6 Å². The Morgan fingerprint density at radius 1 is 0.297 bits per heavy atom. The maximum Gasteiger partial charge on any atom is 0.115 e. The molecule has 0 unspecified atom stereocenters. The Kier molecular flexibility index (Phi) is 21.0. The first-order valence-electron chi connectivity index (χ1n) is 24.7. The molecule has 0 saturated heterocycles. The molecule has 396 valence electrons. The summed E-state index contributed by atoms with van der Waals surface area (Å²) in [5, 5.41) is 98.5. The van der Waals surface area contributed by atoms with Crippen molar-refractivity contribution in [3.63, 3.8) is 0 Å². The number of phenols is 5. The fourth-order valence-electron chi connectivity index (χ4n) is 8.14. The van der Waals surface area contributed by atoms with Crippen LogP contribution in [0.4, 0.5) is 0 Å². The standard InChI is InChI=1S/C34H38O2.C20H18O3.C5H12O3.C4H10O3/c1-23-8-10-24(11-9-23)32(2,3)27-20-28(33(4,5)25-12-16-30(35)17-13-25)22-29(21-27)34(6,7)26-14-18-31(36)19-15-26;1-20(14-2-8-17(21)9-3-14,15-4-10-18(22)11-5-15)16-6-12-19(23)13-7-16;1-5(2-6,3-7)4-8;5-1-4(2-6)3-7/h8-22,35-36H,1-7H3;2-13,21-23H,1H3;6-8H,2-4H2,1H3;4-7H,1-3H2. The number of hydrogen-bond acceptors (Lipinski definition) is 11. The van der Waals surface area contributed by atoms with E-state index in [-0.39, 0.29) is 90.6 Å². The van der Waals surface area contributed by atoms with Crippen molar-refractivity contribution in [3.05, 3.63) is 219 Å². The Morgan fingerprint density at radius 3 is 0.676 bits per heavy atom. The first kappa shape index (κ1) is 59.9. The Labute approximate surface area is 437 Å². The van der Waals surface area contributed by atoms with Crippen molar-refractivity contribution < 1.29 is 56.2 Å². The quantitative estimate of drug-likeness (QED) is 0.0434. The van der Waals surface area contributed by atoms with Crippen LogP contribution in [0.5, 0.6) is 28.7 Å². The Balaban J connectivity index is 0.000000264. The molecule has 0 radical (unpaired) electrons. The van der Waals surface area contributed by atoms with Crippen LogP contribution in [0, 0.1) is 18.3 Å². The van der Waals surface area contributed by atoms with Gasteiger partial charge in [0, 0.05) is 33.0 Å². The molecule has 11 heteroatoms. The highest BCUT2D eigenvalue weighted by atomic mass is 16.3. The molecule has 11 nitrogen and oxygen atoms in total. The lowest BCUT2D eigenvalue weighted by molar-refractivity contribution is 0.0200. The zero-order valence-electron chi connectivity index (χ0n) is 44.3. The molecule has 0 amide bonds. The smallest absolute Gasteiger partial charge is 0.115 e. The lowest BCUT2D eigenvalue weighted by atomic mass is 9.69. The number of aliphatic hydroxyl groups is 6. The van der Waals surface area contributed by atoms with Gasteiger partial charge in [-0.3, -0.25) is 0 Å². The molecule has 0 aromatic heterocycles. The lowest BCUT2D eigenvalue weighted by Gasteiger charge is -2.35. The summed E-state index contributed by atoms with van der Waals surface area (Å²) in [6.07, 6.45) is 0. The van der Waals surface area contributed by atoms with Crippen molar-refractivity contribution in [2.24, 2.45) is 11.3 Å². The van der Waals surface area contributed by atoms with E-state index in [4.69, 9.17) is 30.6 Å². The summed E-state index contributed by atoms with van der Waals surface area (Å²) < 4.78 is 0. The summed E-state index contributed by atoms with van der Waals surface area (Å²) >= 11 is 0. The van der Waals surface area contributed by atoms with E-state index in [0.717, 1.165) is 27.8 Å². The minimum absolute atomic E-state index is 0.146. The van der Waals surface area contributed by atoms with Gasteiger partial charge in [-0.1, -0.05) is 157 Å². The van der Waals surface area contributed by atoms with Crippen LogP contribution in [0.15, 0.2) is 164 Å². The predicted molar refractivity (Wildman–Crippen MR) is 294 cm³/mol. The van der Waals surface area contributed by atoms with Gasteiger partial charge in [0.05, 0.1) is 39.6 Å². The minimum Gasteiger partial charge on any atom is -0.508 e. The maximum atomic E-state index is 9.87. The van der Waals surface area contributed by atoms with Gasteiger partial charge >= 0.3 is 0 Å². The van der Waals surface area contributed by atoms with Crippen LogP contribution in [-0.2, 0) is 21.7 Å². The molecule has 0 aliphatic carbocycles. The Bertz CT molecular complexity index is 2450. The van der Waals surface area contributed by atoms with Crippen molar-refractivity contribution in [3.8, 4) is 28.7 Å². The second-order valence-corrected chi connectivity index (χ2v) is 21.1. The molecule has 0 bridgehead atoms. The summed E-state index contributed by atoms with van der Waals surface area (Å²) in [5.41, 5.74) is 9.65. The van der Waals surface area contributed by atoms with Gasteiger partial charge in [-0.15, -0.1) is 0 Å². The van der Waals surface area contributed by atoms with Crippen molar-refractivity contribution in [1.29, 1.82) is 0 Å². The molecule has 0 aliphatic heterocycles. The second-order valence-electron chi connectivity index (χ2n) is 21.1. The van der Waals surface area contributed by atoms with E-state index in [9.17, 15) is 25.5 Å².